The van der Waals surface area contributed by atoms with Crippen LogP contribution >= 0.6 is 38.6 Å². The molecule has 3 rings (SSSR count). The first-order valence-electron chi connectivity index (χ1n) is 6.25. The lowest BCUT2D eigenvalue weighted by molar-refractivity contribution is 0.591. The van der Waals surface area contributed by atoms with Crippen LogP contribution in [0, 0.1) is 5.82 Å². The monoisotopic (exact) mass is 369 g/mol. The Balaban J connectivity index is 1.90. The van der Waals surface area contributed by atoms with E-state index >= 15 is 0 Å². The number of fused-ring (bicyclic) bond motifs is 1. The highest BCUT2D eigenvalue weighted by Crippen LogP contribution is 2.35. The van der Waals surface area contributed by atoms with Gasteiger partial charge in [-0.3, -0.25) is 0 Å². The lowest BCUT2D eigenvalue weighted by Gasteiger charge is -2.15. The molecule has 104 valence electrons. The third-order valence-electron chi connectivity index (χ3n) is 3.28. The molecule has 1 aromatic carbocycles. The van der Waals surface area contributed by atoms with Crippen LogP contribution in [0.4, 0.5) is 4.39 Å². The van der Waals surface area contributed by atoms with Crippen LogP contribution in [0.15, 0.2) is 40.2 Å². The molecule has 0 saturated carbocycles. The number of likely N-dealkylation sites (N-methyl/N-ethyl adjacent to an activating group) is 1. The second kappa shape index (κ2) is 5.93. The molecule has 2 heterocycles. The molecule has 0 saturated heterocycles. The van der Waals surface area contributed by atoms with E-state index in [1.165, 1.54) is 20.3 Å². The zero-order valence-electron chi connectivity index (χ0n) is 10.8. The molecule has 1 nitrogen and oxygen atoms in total. The normalized spacial score (nSPS) is 12.9. The van der Waals surface area contributed by atoms with Gasteiger partial charge < -0.3 is 5.32 Å². The van der Waals surface area contributed by atoms with E-state index in [2.05, 4.69) is 38.8 Å². The van der Waals surface area contributed by atoms with Crippen molar-refractivity contribution in [1.29, 1.82) is 0 Å². The highest BCUT2D eigenvalue weighted by molar-refractivity contribution is 9.10. The fourth-order valence-corrected chi connectivity index (χ4v) is 4.86. The minimum absolute atomic E-state index is 0.190. The van der Waals surface area contributed by atoms with Crippen molar-refractivity contribution in [2.45, 2.75) is 12.5 Å². The lowest BCUT2D eigenvalue weighted by Crippen LogP contribution is -2.18. The van der Waals surface area contributed by atoms with Crippen LogP contribution in [-0.4, -0.2) is 7.05 Å². The Morgan fingerprint density at radius 3 is 2.85 bits per heavy atom. The minimum Gasteiger partial charge on any atom is -0.312 e. The van der Waals surface area contributed by atoms with Crippen LogP contribution in [-0.2, 0) is 6.42 Å². The average Bonchev–Trinajstić information content (AvgIpc) is 3.00. The molecule has 0 fully saturated rings. The number of halogens is 2. The highest BCUT2D eigenvalue weighted by Gasteiger charge is 2.15. The molecule has 3 aromatic rings. The first-order chi connectivity index (χ1) is 9.67. The van der Waals surface area contributed by atoms with Gasteiger partial charge in [-0.05, 0) is 54.7 Å². The first kappa shape index (κ1) is 14.2. The molecule has 1 unspecified atom stereocenters. The largest absolute Gasteiger partial charge is 0.312 e. The Morgan fingerprint density at radius 1 is 1.25 bits per heavy atom. The molecule has 0 spiro atoms. The summed E-state index contributed by atoms with van der Waals surface area (Å²) in [5, 5.41) is 5.45. The van der Waals surface area contributed by atoms with Crippen molar-refractivity contribution in [1.82, 2.24) is 5.32 Å². The standard InChI is InChI=1S/C15H13BrFNS2/c1-18-12(7-9-6-10(17)2-3-11(9)16)14-8-15-13(20-14)4-5-19-15/h2-6,8,12,18H,7H2,1H3. The van der Waals surface area contributed by atoms with E-state index in [-0.39, 0.29) is 11.9 Å². The van der Waals surface area contributed by atoms with Gasteiger partial charge >= 0.3 is 0 Å². The maximum Gasteiger partial charge on any atom is 0.123 e. The molecular formula is C15H13BrFNS2. The maximum absolute atomic E-state index is 13.4. The highest BCUT2D eigenvalue weighted by atomic mass is 79.9. The Labute approximate surface area is 133 Å². The molecule has 20 heavy (non-hydrogen) atoms. The van der Waals surface area contributed by atoms with E-state index in [0.717, 1.165) is 16.5 Å². The van der Waals surface area contributed by atoms with Crippen molar-refractivity contribution in [2.75, 3.05) is 7.05 Å². The second-order valence-corrected chi connectivity index (χ2v) is 7.50. The maximum atomic E-state index is 13.4. The van der Waals surface area contributed by atoms with Crippen molar-refractivity contribution in [3.63, 3.8) is 0 Å². The van der Waals surface area contributed by atoms with Gasteiger partial charge in [-0.25, -0.2) is 4.39 Å². The van der Waals surface area contributed by atoms with Crippen LogP contribution in [0.25, 0.3) is 9.40 Å². The fourth-order valence-electron chi connectivity index (χ4n) is 2.22. The third kappa shape index (κ3) is 2.81. The van der Waals surface area contributed by atoms with E-state index in [1.807, 2.05) is 7.05 Å². The summed E-state index contributed by atoms with van der Waals surface area (Å²) >= 11 is 7.06. The van der Waals surface area contributed by atoms with E-state index < -0.39 is 0 Å². The van der Waals surface area contributed by atoms with E-state index in [9.17, 15) is 4.39 Å². The average molecular weight is 370 g/mol. The Morgan fingerprint density at radius 2 is 2.10 bits per heavy atom. The van der Waals surface area contributed by atoms with Gasteiger partial charge in [-0.1, -0.05) is 15.9 Å². The summed E-state index contributed by atoms with van der Waals surface area (Å²) < 4.78 is 17.0. The summed E-state index contributed by atoms with van der Waals surface area (Å²) in [5.41, 5.74) is 0.987. The summed E-state index contributed by atoms with van der Waals surface area (Å²) in [5.74, 6) is -0.190. The molecule has 0 aliphatic rings. The molecule has 0 radical (unpaired) electrons. The third-order valence-corrected chi connectivity index (χ3v) is 6.26. The van der Waals surface area contributed by atoms with Crippen molar-refractivity contribution in [3.8, 4) is 0 Å². The molecule has 0 bridgehead atoms. The molecule has 1 N–H and O–H groups in total. The van der Waals surface area contributed by atoms with Gasteiger partial charge in [0, 0.05) is 24.8 Å². The first-order valence-corrected chi connectivity index (χ1v) is 8.74. The van der Waals surface area contributed by atoms with Gasteiger partial charge in [-0.2, -0.15) is 0 Å². The molecule has 0 aliphatic carbocycles. The SMILES string of the molecule is CNC(Cc1cc(F)ccc1Br)c1cc2sccc2s1. The van der Waals surface area contributed by atoms with Crippen LogP contribution in [0.1, 0.15) is 16.5 Å². The summed E-state index contributed by atoms with van der Waals surface area (Å²) in [6.07, 6.45) is 0.766. The second-order valence-electron chi connectivity index (χ2n) is 4.58. The van der Waals surface area contributed by atoms with Gasteiger partial charge in [0.2, 0.25) is 0 Å². The Kier molecular flexibility index (Phi) is 4.21. The molecular weight excluding hydrogens is 357 g/mol. The van der Waals surface area contributed by atoms with Gasteiger partial charge in [-0.15, -0.1) is 22.7 Å². The number of hydrogen-bond donors (Lipinski definition) is 1. The van der Waals surface area contributed by atoms with Gasteiger partial charge in [0.05, 0.1) is 0 Å². The summed E-state index contributed by atoms with van der Waals surface area (Å²) in [7, 11) is 1.95. The van der Waals surface area contributed by atoms with Crippen molar-refractivity contribution < 1.29 is 4.39 Å². The fraction of sp³-hybridized carbons (Fsp3) is 0.200. The minimum atomic E-state index is -0.190. The van der Waals surface area contributed by atoms with Crippen molar-refractivity contribution in [3.05, 3.63) is 56.4 Å². The molecule has 5 heteroatoms. The Hall–Kier alpha value is -0.750. The van der Waals surface area contributed by atoms with Crippen molar-refractivity contribution >= 4 is 48.0 Å². The number of hydrogen-bond acceptors (Lipinski definition) is 3. The number of thiophene rings is 2. The summed E-state index contributed by atoms with van der Waals surface area (Å²) in [6.45, 7) is 0. The number of benzene rings is 1. The summed E-state index contributed by atoms with van der Waals surface area (Å²) in [6, 6.07) is 9.44. The number of rotatable bonds is 4. The zero-order valence-corrected chi connectivity index (χ0v) is 14.0. The van der Waals surface area contributed by atoms with Crippen LogP contribution in [0.3, 0.4) is 0 Å². The Bertz CT molecular complexity index is 706. The quantitative estimate of drug-likeness (QED) is 0.651. The zero-order chi connectivity index (χ0) is 14.1. The predicted molar refractivity (Wildman–Crippen MR) is 89.3 cm³/mol. The van der Waals surface area contributed by atoms with Crippen LogP contribution in [0.2, 0.25) is 0 Å². The lowest BCUT2D eigenvalue weighted by atomic mass is 10.0. The smallest absolute Gasteiger partial charge is 0.123 e. The van der Waals surface area contributed by atoms with Gasteiger partial charge in [0.25, 0.3) is 0 Å². The molecule has 0 amide bonds. The van der Waals surface area contributed by atoms with Crippen LogP contribution < -0.4 is 5.32 Å². The predicted octanol–water partition coefficient (Wildman–Crippen LogP) is 5.37. The number of nitrogens with one attached hydrogen (secondary N) is 1. The topological polar surface area (TPSA) is 12.0 Å². The molecule has 2 aromatic heterocycles. The van der Waals surface area contributed by atoms with Crippen molar-refractivity contribution in [2.24, 2.45) is 0 Å². The summed E-state index contributed by atoms with van der Waals surface area (Å²) in [4.78, 5) is 1.30. The van der Waals surface area contributed by atoms with E-state index in [4.69, 9.17) is 0 Å². The van der Waals surface area contributed by atoms with Gasteiger partial charge in [0.1, 0.15) is 5.82 Å². The molecule has 1 atom stereocenters. The van der Waals surface area contributed by atoms with E-state index in [0.29, 0.717) is 0 Å². The van der Waals surface area contributed by atoms with E-state index in [1.54, 1.807) is 34.8 Å². The molecule has 0 aliphatic heterocycles. The van der Waals surface area contributed by atoms with Crippen LogP contribution in [0.5, 0.6) is 0 Å². The van der Waals surface area contributed by atoms with Gasteiger partial charge in [0.15, 0.2) is 0 Å².